The lowest BCUT2D eigenvalue weighted by Crippen LogP contribution is -2.26. The number of allylic oxidation sites excluding steroid dienone is 2. The Morgan fingerprint density at radius 3 is 2.71 bits per heavy atom. The van der Waals surface area contributed by atoms with Crippen molar-refractivity contribution in [2.75, 3.05) is 0 Å². The van der Waals surface area contributed by atoms with Crippen molar-refractivity contribution >= 4 is 34.3 Å². The van der Waals surface area contributed by atoms with Gasteiger partial charge in [0.15, 0.2) is 0 Å². The molecule has 0 unspecified atom stereocenters. The molecule has 5 heteroatoms. The van der Waals surface area contributed by atoms with E-state index in [9.17, 15) is 0 Å². The van der Waals surface area contributed by atoms with Gasteiger partial charge in [-0.2, -0.15) is 0 Å². The minimum Gasteiger partial charge on any atom is -0.307 e. The van der Waals surface area contributed by atoms with Crippen LogP contribution in [0.2, 0.25) is 0 Å². The minimum absolute atomic E-state index is 0.463. The number of aryl methyl sites for hydroxylation is 2. The molecule has 1 aromatic carbocycles. The molecule has 112 valence electrons. The second-order valence-electron chi connectivity index (χ2n) is 5.10. The fourth-order valence-electron chi connectivity index (χ4n) is 2.26. The summed E-state index contributed by atoms with van der Waals surface area (Å²) in [5.74, 6) is 0. The average molecular weight is 322 g/mol. The Kier molecular flexibility index (Phi) is 5.27. The molecule has 0 aliphatic rings. The highest BCUT2D eigenvalue weighted by Crippen LogP contribution is 2.34. The number of halogens is 1. The Bertz CT molecular complexity index is 691. The van der Waals surface area contributed by atoms with Gasteiger partial charge < -0.3 is 11.5 Å². The monoisotopic (exact) mass is 321 g/mol. The van der Waals surface area contributed by atoms with Gasteiger partial charge in [-0.1, -0.05) is 41.1 Å². The molecule has 4 N–H and O–H groups in total. The van der Waals surface area contributed by atoms with Crippen LogP contribution in [0.25, 0.3) is 10.9 Å². The van der Waals surface area contributed by atoms with Gasteiger partial charge in [0.1, 0.15) is 5.50 Å². The molecule has 1 heterocycles. The number of thioether (sulfide) groups is 1. The van der Waals surface area contributed by atoms with Crippen LogP contribution in [0.5, 0.6) is 0 Å². The number of rotatable bonds is 4. The number of fused-ring (bicyclic) bond motifs is 1. The molecule has 2 aromatic rings. The summed E-state index contributed by atoms with van der Waals surface area (Å²) in [4.78, 5) is 5.80. The van der Waals surface area contributed by atoms with E-state index in [2.05, 4.69) is 19.1 Å². The maximum absolute atomic E-state index is 5.97. The quantitative estimate of drug-likeness (QED) is 0.663. The molecule has 2 rings (SSSR count). The number of nitrogens with zero attached hydrogens (tertiary/aromatic N) is 1. The smallest absolute Gasteiger partial charge is 0.105 e. The zero-order chi connectivity index (χ0) is 15.6. The molecule has 0 saturated heterocycles. The first kappa shape index (κ1) is 16.3. The summed E-state index contributed by atoms with van der Waals surface area (Å²) in [6.45, 7) is 5.95. The molecule has 0 radical (unpaired) electrons. The highest BCUT2D eigenvalue weighted by atomic mass is 35.5. The lowest BCUT2D eigenvalue weighted by atomic mass is 10.0. The molecule has 21 heavy (non-hydrogen) atoms. The summed E-state index contributed by atoms with van der Waals surface area (Å²) in [5, 5.41) is 1.87. The molecule has 0 fully saturated rings. The van der Waals surface area contributed by atoms with Crippen LogP contribution in [0, 0.1) is 13.8 Å². The van der Waals surface area contributed by atoms with E-state index in [4.69, 9.17) is 28.1 Å². The first-order valence-electron chi connectivity index (χ1n) is 6.78. The number of pyridine rings is 1. The van der Waals surface area contributed by atoms with E-state index in [-0.39, 0.29) is 0 Å². The zero-order valence-electron chi connectivity index (χ0n) is 12.5. The summed E-state index contributed by atoms with van der Waals surface area (Å²) >= 11 is 7.44. The van der Waals surface area contributed by atoms with Crippen molar-refractivity contribution in [2.24, 2.45) is 11.5 Å². The van der Waals surface area contributed by atoms with E-state index in [0.717, 1.165) is 38.5 Å². The minimum atomic E-state index is -0.463. The predicted octanol–water partition coefficient (Wildman–Crippen LogP) is 3.83. The second kappa shape index (κ2) is 6.79. The fraction of sp³-hybridized carbons (Fsp3) is 0.312. The highest BCUT2D eigenvalue weighted by Gasteiger charge is 2.14. The Morgan fingerprint density at radius 2 is 2.10 bits per heavy atom. The molecular formula is C16H20ClN3S. The van der Waals surface area contributed by atoms with Gasteiger partial charge in [0.05, 0.1) is 5.52 Å². The van der Waals surface area contributed by atoms with Crippen molar-refractivity contribution in [3.8, 4) is 0 Å². The lowest BCUT2D eigenvalue weighted by molar-refractivity contribution is 0.981. The van der Waals surface area contributed by atoms with E-state index in [1.165, 1.54) is 17.3 Å². The molecule has 0 atom stereocenters. The Labute approximate surface area is 134 Å². The van der Waals surface area contributed by atoms with Crippen LogP contribution in [0.15, 0.2) is 34.2 Å². The summed E-state index contributed by atoms with van der Waals surface area (Å²) < 4.78 is 0. The van der Waals surface area contributed by atoms with E-state index in [1.54, 1.807) is 0 Å². The number of benzene rings is 1. The van der Waals surface area contributed by atoms with Gasteiger partial charge in [-0.3, -0.25) is 4.98 Å². The third kappa shape index (κ3) is 3.98. The van der Waals surface area contributed by atoms with Crippen molar-refractivity contribution < 1.29 is 0 Å². The largest absolute Gasteiger partial charge is 0.307 e. The van der Waals surface area contributed by atoms with Crippen LogP contribution in [-0.4, -0.2) is 10.5 Å². The predicted molar refractivity (Wildman–Crippen MR) is 92.6 cm³/mol. The van der Waals surface area contributed by atoms with Crippen LogP contribution in [0.1, 0.15) is 23.7 Å². The van der Waals surface area contributed by atoms with E-state index >= 15 is 0 Å². The Balaban J connectivity index is 2.69. The zero-order valence-corrected chi connectivity index (χ0v) is 14.1. The summed E-state index contributed by atoms with van der Waals surface area (Å²) in [6.07, 6.45) is 2.71. The van der Waals surface area contributed by atoms with Crippen molar-refractivity contribution in [1.29, 1.82) is 0 Å². The maximum Gasteiger partial charge on any atom is 0.105 e. The molecule has 1 aromatic heterocycles. The normalized spacial score (nSPS) is 12.4. The van der Waals surface area contributed by atoms with Crippen LogP contribution >= 0.6 is 23.4 Å². The molecule has 0 saturated carbocycles. The lowest BCUT2D eigenvalue weighted by Gasteiger charge is -2.16. The average Bonchev–Trinajstić information content (AvgIpc) is 2.38. The first-order chi connectivity index (χ1) is 9.88. The van der Waals surface area contributed by atoms with E-state index < -0.39 is 5.50 Å². The summed E-state index contributed by atoms with van der Waals surface area (Å²) in [5.41, 5.74) is 15.4. The molecule has 0 amide bonds. The van der Waals surface area contributed by atoms with Gasteiger partial charge in [-0.25, -0.2) is 0 Å². The third-order valence-corrected chi connectivity index (χ3v) is 4.37. The summed E-state index contributed by atoms with van der Waals surface area (Å²) in [7, 11) is 0. The van der Waals surface area contributed by atoms with Crippen molar-refractivity contribution in [2.45, 2.75) is 37.6 Å². The van der Waals surface area contributed by atoms with Crippen LogP contribution in [-0.2, 0) is 6.42 Å². The number of aromatic nitrogens is 1. The third-order valence-electron chi connectivity index (χ3n) is 3.24. The van der Waals surface area contributed by atoms with Gasteiger partial charge in [0.2, 0.25) is 0 Å². The molecule has 0 spiro atoms. The van der Waals surface area contributed by atoms with Crippen LogP contribution in [0.4, 0.5) is 0 Å². The van der Waals surface area contributed by atoms with Crippen molar-refractivity contribution in [3.63, 3.8) is 0 Å². The topological polar surface area (TPSA) is 64.9 Å². The second-order valence-corrected chi connectivity index (χ2v) is 6.89. The number of nitrogens with two attached hydrogens (primary N) is 2. The first-order valence-corrected chi connectivity index (χ1v) is 8.04. The van der Waals surface area contributed by atoms with Crippen molar-refractivity contribution in [3.05, 3.63) is 46.1 Å². The molecule has 3 nitrogen and oxygen atoms in total. The van der Waals surface area contributed by atoms with Gasteiger partial charge in [0.25, 0.3) is 0 Å². The van der Waals surface area contributed by atoms with E-state index in [0.29, 0.717) is 0 Å². The fourth-order valence-corrected chi connectivity index (χ4v) is 3.27. The van der Waals surface area contributed by atoms with Gasteiger partial charge >= 0.3 is 0 Å². The van der Waals surface area contributed by atoms with Crippen LogP contribution in [0.3, 0.4) is 0 Å². The Hall–Kier alpha value is -1.07. The van der Waals surface area contributed by atoms with Gasteiger partial charge in [-0.05, 0) is 44.9 Å². The molecule has 0 aliphatic heterocycles. The molecule has 0 bridgehead atoms. The summed E-state index contributed by atoms with van der Waals surface area (Å²) in [6, 6.07) is 6.23. The van der Waals surface area contributed by atoms with Crippen LogP contribution < -0.4 is 11.5 Å². The standard InChI is InChI=1S/C16H20ClN3S/c1-9-4-7-14-13(8-9)15(21-16(18)19)12(11(3)20-14)6-5-10(2)17/h4-5,7-8,16H,6,18-19H2,1-3H3/b10-5-. The molecular weight excluding hydrogens is 302 g/mol. The highest BCUT2D eigenvalue weighted by molar-refractivity contribution is 8.00. The van der Waals surface area contributed by atoms with Gasteiger partial charge in [-0.15, -0.1) is 0 Å². The number of hydrogen-bond acceptors (Lipinski definition) is 4. The number of hydrogen-bond donors (Lipinski definition) is 2. The van der Waals surface area contributed by atoms with E-state index in [1.807, 2.05) is 26.0 Å². The molecule has 0 aliphatic carbocycles. The van der Waals surface area contributed by atoms with Crippen molar-refractivity contribution in [1.82, 2.24) is 4.98 Å². The van der Waals surface area contributed by atoms with Gasteiger partial charge in [0, 0.05) is 21.0 Å². The maximum atomic E-state index is 5.97. The Morgan fingerprint density at radius 1 is 1.38 bits per heavy atom. The SMILES string of the molecule is C/C(Cl)=C/Cc1c(C)nc2ccc(C)cc2c1SC(N)N.